The number of halogens is 1. The van der Waals surface area contributed by atoms with Gasteiger partial charge < -0.3 is 20.1 Å². The maximum Gasteiger partial charge on any atom is 0.238 e. The number of ether oxygens (including phenoxy) is 2. The molecule has 150 valence electrons. The molecule has 10 heteroatoms. The molecule has 26 heavy (non-hydrogen) atoms. The third kappa shape index (κ3) is 10.9. The molecule has 0 aliphatic rings. The van der Waals surface area contributed by atoms with E-state index in [1.54, 1.807) is 13.2 Å². The van der Waals surface area contributed by atoms with Crippen molar-refractivity contribution < 1.29 is 17.9 Å². The van der Waals surface area contributed by atoms with Crippen LogP contribution in [0.1, 0.15) is 18.9 Å². The van der Waals surface area contributed by atoms with E-state index in [-0.39, 0.29) is 28.9 Å². The third-order valence-electron chi connectivity index (χ3n) is 3.18. The summed E-state index contributed by atoms with van der Waals surface area (Å²) in [5, 5.41) is 11.5. The van der Waals surface area contributed by atoms with Crippen molar-refractivity contribution in [1.82, 2.24) is 10.6 Å². The van der Waals surface area contributed by atoms with Crippen LogP contribution in [-0.2, 0) is 26.0 Å². The summed E-state index contributed by atoms with van der Waals surface area (Å²) in [6.45, 7) is 5.60. The van der Waals surface area contributed by atoms with Gasteiger partial charge in [0.25, 0.3) is 0 Å². The van der Waals surface area contributed by atoms with Gasteiger partial charge in [0.1, 0.15) is 0 Å². The van der Waals surface area contributed by atoms with Crippen LogP contribution in [0, 0.1) is 0 Å². The molecule has 0 aliphatic carbocycles. The lowest BCUT2D eigenvalue weighted by Gasteiger charge is -2.11. The standard InChI is InChI=1S/C16H28N4O4S.HI/c1-3-18-16(19-8-5-9-24-11-10-23-2)20-13-14-6-4-7-15(12-14)25(17,21)22;/h4,6-7,12H,3,5,8-11,13H2,1-2H3,(H2,17,21,22)(H2,18,19,20);1H. The number of methoxy groups -OCH3 is 1. The van der Waals surface area contributed by atoms with E-state index in [1.807, 2.05) is 13.0 Å². The molecule has 0 bridgehead atoms. The van der Waals surface area contributed by atoms with Gasteiger partial charge in [-0.3, -0.25) is 0 Å². The van der Waals surface area contributed by atoms with Gasteiger partial charge in [-0.1, -0.05) is 12.1 Å². The van der Waals surface area contributed by atoms with E-state index in [1.165, 1.54) is 12.1 Å². The molecule has 4 N–H and O–H groups in total. The van der Waals surface area contributed by atoms with E-state index < -0.39 is 10.0 Å². The molecular formula is C16H29IN4O4S. The van der Waals surface area contributed by atoms with Crippen LogP contribution in [0.4, 0.5) is 0 Å². The average molecular weight is 500 g/mol. The highest BCUT2D eigenvalue weighted by molar-refractivity contribution is 14.0. The minimum Gasteiger partial charge on any atom is -0.382 e. The largest absolute Gasteiger partial charge is 0.382 e. The van der Waals surface area contributed by atoms with Crippen LogP contribution in [-0.4, -0.2) is 54.4 Å². The first-order valence-electron chi connectivity index (χ1n) is 8.18. The summed E-state index contributed by atoms with van der Waals surface area (Å²) >= 11 is 0. The van der Waals surface area contributed by atoms with Crippen molar-refractivity contribution in [3.63, 3.8) is 0 Å². The smallest absolute Gasteiger partial charge is 0.238 e. The summed E-state index contributed by atoms with van der Waals surface area (Å²) in [6.07, 6.45) is 0.842. The van der Waals surface area contributed by atoms with E-state index in [4.69, 9.17) is 14.6 Å². The number of sulfonamides is 1. The van der Waals surface area contributed by atoms with Crippen LogP contribution in [0.15, 0.2) is 34.2 Å². The number of hydrogen-bond acceptors (Lipinski definition) is 5. The summed E-state index contributed by atoms with van der Waals surface area (Å²) in [5.41, 5.74) is 0.770. The summed E-state index contributed by atoms with van der Waals surface area (Å²) in [4.78, 5) is 4.54. The summed E-state index contributed by atoms with van der Waals surface area (Å²) in [7, 11) is -2.06. The normalized spacial score (nSPS) is 11.7. The number of nitrogens with zero attached hydrogens (tertiary/aromatic N) is 1. The average Bonchev–Trinajstić information content (AvgIpc) is 2.58. The molecule has 0 saturated carbocycles. The van der Waals surface area contributed by atoms with Crippen molar-refractivity contribution >= 4 is 40.0 Å². The number of benzene rings is 1. The Morgan fingerprint density at radius 1 is 1.23 bits per heavy atom. The first-order chi connectivity index (χ1) is 12.0. The van der Waals surface area contributed by atoms with Crippen LogP contribution in [0.2, 0.25) is 0 Å². The number of nitrogens with two attached hydrogens (primary N) is 1. The fourth-order valence-electron chi connectivity index (χ4n) is 1.96. The van der Waals surface area contributed by atoms with Crippen LogP contribution >= 0.6 is 24.0 Å². The topological polar surface area (TPSA) is 115 Å². The fourth-order valence-corrected chi connectivity index (χ4v) is 2.54. The molecule has 0 fully saturated rings. The Morgan fingerprint density at radius 2 is 2.00 bits per heavy atom. The second-order valence-corrected chi connectivity index (χ2v) is 6.83. The minimum absolute atomic E-state index is 0. The first-order valence-corrected chi connectivity index (χ1v) is 9.72. The monoisotopic (exact) mass is 500 g/mol. The highest BCUT2D eigenvalue weighted by atomic mass is 127. The Kier molecular flexibility index (Phi) is 13.6. The Hall–Kier alpha value is -0.950. The van der Waals surface area contributed by atoms with Gasteiger partial charge in [0.15, 0.2) is 5.96 Å². The van der Waals surface area contributed by atoms with Crippen molar-refractivity contribution in [2.45, 2.75) is 24.8 Å². The highest BCUT2D eigenvalue weighted by Gasteiger charge is 2.07. The molecule has 0 radical (unpaired) electrons. The summed E-state index contributed by atoms with van der Waals surface area (Å²) in [6, 6.07) is 6.47. The van der Waals surface area contributed by atoms with Gasteiger partial charge in [-0.25, -0.2) is 18.5 Å². The van der Waals surface area contributed by atoms with Crippen molar-refractivity contribution in [3.8, 4) is 0 Å². The van der Waals surface area contributed by atoms with Gasteiger partial charge in [-0.05, 0) is 31.0 Å². The number of guanidine groups is 1. The highest BCUT2D eigenvalue weighted by Crippen LogP contribution is 2.10. The minimum atomic E-state index is -3.70. The lowest BCUT2D eigenvalue weighted by Crippen LogP contribution is -2.38. The zero-order valence-electron chi connectivity index (χ0n) is 15.2. The van der Waals surface area contributed by atoms with Gasteiger partial charge in [0.05, 0.1) is 24.7 Å². The molecular weight excluding hydrogens is 471 g/mol. The van der Waals surface area contributed by atoms with Crippen molar-refractivity contribution in [2.24, 2.45) is 10.1 Å². The van der Waals surface area contributed by atoms with Gasteiger partial charge in [-0.2, -0.15) is 0 Å². The molecule has 0 aromatic heterocycles. The zero-order valence-corrected chi connectivity index (χ0v) is 18.4. The van der Waals surface area contributed by atoms with Crippen molar-refractivity contribution in [3.05, 3.63) is 29.8 Å². The number of nitrogens with one attached hydrogen (secondary N) is 2. The van der Waals surface area contributed by atoms with Crippen molar-refractivity contribution in [2.75, 3.05) is 40.0 Å². The van der Waals surface area contributed by atoms with Gasteiger partial charge >= 0.3 is 0 Å². The maximum atomic E-state index is 11.4. The van der Waals surface area contributed by atoms with E-state index >= 15 is 0 Å². The summed E-state index contributed by atoms with van der Waals surface area (Å²) < 4.78 is 33.1. The Bertz CT molecular complexity index is 641. The number of primary sulfonamides is 1. The molecule has 0 unspecified atom stereocenters. The van der Waals surface area contributed by atoms with Crippen molar-refractivity contribution in [1.29, 1.82) is 0 Å². The van der Waals surface area contributed by atoms with Crippen LogP contribution < -0.4 is 15.8 Å². The lowest BCUT2D eigenvalue weighted by molar-refractivity contribution is 0.0698. The molecule has 1 rings (SSSR count). The molecule has 0 saturated heterocycles. The van der Waals surface area contributed by atoms with Gasteiger partial charge in [0, 0.05) is 26.8 Å². The molecule has 8 nitrogen and oxygen atoms in total. The number of hydrogen-bond donors (Lipinski definition) is 3. The molecule has 1 aromatic rings. The van der Waals surface area contributed by atoms with E-state index in [9.17, 15) is 8.42 Å². The molecule has 1 aromatic carbocycles. The quantitative estimate of drug-likeness (QED) is 0.181. The van der Waals surface area contributed by atoms with Crippen LogP contribution in [0.3, 0.4) is 0 Å². The predicted octanol–water partition coefficient (Wildman–Crippen LogP) is 1.06. The van der Waals surface area contributed by atoms with Crippen LogP contribution in [0.5, 0.6) is 0 Å². The molecule has 0 atom stereocenters. The predicted molar refractivity (Wildman–Crippen MR) is 113 cm³/mol. The Morgan fingerprint density at radius 3 is 2.65 bits per heavy atom. The van der Waals surface area contributed by atoms with Crippen LogP contribution in [0.25, 0.3) is 0 Å². The Balaban J connectivity index is 0.00000625. The number of aliphatic imine (C=N–C) groups is 1. The van der Waals surface area contributed by atoms with Gasteiger partial charge in [0.2, 0.25) is 10.0 Å². The summed E-state index contributed by atoms with van der Waals surface area (Å²) in [5.74, 6) is 0.667. The maximum absolute atomic E-state index is 11.4. The number of rotatable bonds is 11. The third-order valence-corrected chi connectivity index (χ3v) is 4.09. The van der Waals surface area contributed by atoms with E-state index in [0.717, 1.165) is 25.1 Å². The van der Waals surface area contributed by atoms with E-state index in [2.05, 4.69) is 15.6 Å². The molecule has 0 heterocycles. The zero-order chi connectivity index (χ0) is 18.5. The first kappa shape index (κ1) is 25.1. The van der Waals surface area contributed by atoms with Gasteiger partial charge in [-0.15, -0.1) is 24.0 Å². The molecule has 0 aliphatic heterocycles. The Labute approximate surface area is 173 Å². The lowest BCUT2D eigenvalue weighted by atomic mass is 10.2. The molecule has 0 amide bonds. The fraction of sp³-hybridized carbons (Fsp3) is 0.562. The SMILES string of the molecule is CCNC(=NCc1cccc(S(N)(=O)=O)c1)NCCCOCCOC.I. The molecule has 0 spiro atoms. The van der Waals surface area contributed by atoms with E-state index in [0.29, 0.717) is 32.3 Å². The second-order valence-electron chi connectivity index (χ2n) is 5.27. The second kappa shape index (κ2) is 14.2.